The summed E-state index contributed by atoms with van der Waals surface area (Å²) < 4.78 is 25.1. The van der Waals surface area contributed by atoms with Crippen LogP contribution in [0.25, 0.3) is 0 Å². The molecule has 0 aliphatic heterocycles. The number of amides is 1. The smallest absolute Gasteiger partial charge is 0.277 e. The van der Waals surface area contributed by atoms with Gasteiger partial charge in [-0.3, -0.25) is 4.79 Å². The van der Waals surface area contributed by atoms with Crippen LogP contribution in [0.4, 0.5) is 8.78 Å². The molecule has 0 bridgehead atoms. The molecule has 1 unspecified atom stereocenters. The third-order valence-corrected chi connectivity index (χ3v) is 2.46. The van der Waals surface area contributed by atoms with Gasteiger partial charge in [0.25, 0.3) is 5.92 Å². The van der Waals surface area contributed by atoms with Crippen molar-refractivity contribution in [1.29, 1.82) is 0 Å². The minimum Gasteiger partial charge on any atom is -0.349 e. The molecule has 0 radical (unpaired) electrons. The minimum atomic E-state index is -3.01. The summed E-state index contributed by atoms with van der Waals surface area (Å²) in [5, 5.41) is 1.82. The Kier molecular flexibility index (Phi) is 8.48. The fraction of sp³-hybridized carbons (Fsp3) is 0.857. The van der Waals surface area contributed by atoms with E-state index >= 15 is 0 Å². The molecule has 3 N–H and O–H groups in total. The van der Waals surface area contributed by atoms with Gasteiger partial charge in [0.05, 0.1) is 18.3 Å². The monoisotopic (exact) mass is 248 g/mol. The second-order valence-electron chi connectivity index (χ2n) is 2.66. The third-order valence-electron chi connectivity index (χ3n) is 1.54. The van der Waals surface area contributed by atoms with E-state index in [0.717, 1.165) is 0 Å². The van der Waals surface area contributed by atoms with Crippen molar-refractivity contribution in [2.24, 2.45) is 5.73 Å². The molecule has 1 amide bonds. The molecule has 0 aliphatic carbocycles. The largest absolute Gasteiger partial charge is 0.349 e. The zero-order valence-electron chi connectivity index (χ0n) is 8.05. The molecule has 0 rings (SSSR count). The van der Waals surface area contributed by atoms with Gasteiger partial charge in [0.1, 0.15) is 0 Å². The molecule has 0 heterocycles. The maximum Gasteiger partial charge on any atom is 0.277 e. The first-order chi connectivity index (χ1) is 5.93. The predicted octanol–water partition coefficient (Wildman–Crippen LogP) is 0.870. The molecular formula is C7H15ClF2N2OS. The van der Waals surface area contributed by atoms with Crippen molar-refractivity contribution in [1.82, 2.24) is 5.32 Å². The molecule has 0 saturated carbocycles. The maximum atomic E-state index is 12.5. The van der Waals surface area contributed by atoms with Crippen LogP contribution in [0.1, 0.15) is 6.92 Å². The van der Waals surface area contributed by atoms with E-state index in [1.807, 2.05) is 0 Å². The SMILES string of the molecule is CSC(C)C(=O)NCC(F)(F)CN.Cl. The second-order valence-corrected chi connectivity index (χ2v) is 3.83. The zero-order chi connectivity index (χ0) is 10.5. The molecule has 0 aromatic rings. The molecule has 86 valence electrons. The van der Waals surface area contributed by atoms with E-state index in [-0.39, 0.29) is 23.6 Å². The number of rotatable bonds is 5. The van der Waals surface area contributed by atoms with Crippen molar-refractivity contribution in [3.05, 3.63) is 0 Å². The summed E-state index contributed by atoms with van der Waals surface area (Å²) in [5.74, 6) is -3.39. The average Bonchev–Trinajstić information content (AvgIpc) is 2.13. The van der Waals surface area contributed by atoms with Gasteiger partial charge in [-0.2, -0.15) is 11.8 Å². The molecular weight excluding hydrogens is 234 g/mol. The van der Waals surface area contributed by atoms with E-state index in [1.165, 1.54) is 11.8 Å². The predicted molar refractivity (Wildman–Crippen MR) is 57.2 cm³/mol. The Morgan fingerprint density at radius 2 is 2.14 bits per heavy atom. The Balaban J connectivity index is 0. The lowest BCUT2D eigenvalue weighted by Gasteiger charge is -2.16. The van der Waals surface area contributed by atoms with Crippen LogP contribution >= 0.6 is 24.2 Å². The number of hydrogen-bond donors (Lipinski definition) is 2. The summed E-state index contributed by atoms with van der Waals surface area (Å²) in [6.07, 6.45) is 1.74. The lowest BCUT2D eigenvalue weighted by molar-refractivity contribution is -0.122. The van der Waals surface area contributed by atoms with Crippen LogP contribution in [0.15, 0.2) is 0 Å². The lowest BCUT2D eigenvalue weighted by atomic mass is 10.3. The van der Waals surface area contributed by atoms with Crippen LogP contribution in [0.3, 0.4) is 0 Å². The molecule has 0 spiro atoms. The first kappa shape index (κ1) is 16.4. The normalized spacial score (nSPS) is 12.9. The number of nitrogens with two attached hydrogens (primary N) is 1. The quantitative estimate of drug-likeness (QED) is 0.759. The summed E-state index contributed by atoms with van der Waals surface area (Å²) in [5.41, 5.74) is 4.79. The second kappa shape index (κ2) is 7.25. The Morgan fingerprint density at radius 3 is 2.50 bits per heavy atom. The summed E-state index contributed by atoms with van der Waals surface area (Å²) in [6.45, 7) is 0.217. The third kappa shape index (κ3) is 6.39. The van der Waals surface area contributed by atoms with Crippen LogP contribution in [0, 0.1) is 0 Å². The summed E-state index contributed by atoms with van der Waals surface area (Å²) in [4.78, 5) is 11.0. The highest BCUT2D eigenvalue weighted by molar-refractivity contribution is 7.99. The van der Waals surface area contributed by atoms with E-state index in [9.17, 15) is 13.6 Å². The Bertz CT molecular complexity index is 183. The number of nitrogens with one attached hydrogen (secondary N) is 1. The van der Waals surface area contributed by atoms with Gasteiger partial charge < -0.3 is 11.1 Å². The topological polar surface area (TPSA) is 55.1 Å². The lowest BCUT2D eigenvalue weighted by Crippen LogP contribution is -2.43. The van der Waals surface area contributed by atoms with E-state index < -0.39 is 19.0 Å². The number of thioether (sulfide) groups is 1. The van der Waals surface area contributed by atoms with Crippen LogP contribution in [0.2, 0.25) is 0 Å². The number of carbonyl (C=O) groups excluding carboxylic acids is 1. The molecule has 0 saturated heterocycles. The zero-order valence-corrected chi connectivity index (χ0v) is 9.68. The van der Waals surface area contributed by atoms with Crippen LogP contribution in [-0.2, 0) is 4.79 Å². The minimum absolute atomic E-state index is 0. The van der Waals surface area contributed by atoms with Gasteiger partial charge in [0.15, 0.2) is 0 Å². The van der Waals surface area contributed by atoms with E-state index in [0.29, 0.717) is 0 Å². The van der Waals surface area contributed by atoms with Gasteiger partial charge in [-0.25, -0.2) is 8.78 Å². The fourth-order valence-corrected chi connectivity index (χ4v) is 0.837. The van der Waals surface area contributed by atoms with Gasteiger partial charge in [-0.15, -0.1) is 12.4 Å². The Morgan fingerprint density at radius 1 is 1.64 bits per heavy atom. The molecule has 14 heavy (non-hydrogen) atoms. The standard InChI is InChI=1S/C7H14F2N2OS.ClH/c1-5(13-2)6(12)11-4-7(8,9)3-10;/h5H,3-4,10H2,1-2H3,(H,11,12);1H. The average molecular weight is 249 g/mol. The van der Waals surface area contributed by atoms with Crippen molar-refractivity contribution in [2.75, 3.05) is 19.3 Å². The van der Waals surface area contributed by atoms with Crippen LogP contribution < -0.4 is 11.1 Å². The highest BCUT2D eigenvalue weighted by atomic mass is 35.5. The van der Waals surface area contributed by atoms with Crippen molar-refractivity contribution in [3.63, 3.8) is 0 Å². The first-order valence-electron chi connectivity index (χ1n) is 3.81. The fourth-order valence-electron chi connectivity index (χ4n) is 0.539. The van der Waals surface area contributed by atoms with Gasteiger partial charge in [-0.05, 0) is 13.2 Å². The summed E-state index contributed by atoms with van der Waals surface area (Å²) in [7, 11) is 0. The van der Waals surface area contributed by atoms with Crippen molar-refractivity contribution in [2.45, 2.75) is 18.1 Å². The summed E-state index contributed by atoms with van der Waals surface area (Å²) >= 11 is 1.30. The maximum absolute atomic E-state index is 12.5. The Hall–Kier alpha value is -0.0700. The van der Waals surface area contributed by atoms with E-state index in [1.54, 1.807) is 13.2 Å². The Labute approximate surface area is 92.6 Å². The van der Waals surface area contributed by atoms with Crippen LogP contribution in [-0.4, -0.2) is 36.4 Å². The molecule has 7 heteroatoms. The van der Waals surface area contributed by atoms with Gasteiger partial charge in [0.2, 0.25) is 5.91 Å². The molecule has 0 fully saturated rings. The molecule has 0 aromatic carbocycles. The number of carbonyl (C=O) groups is 1. The van der Waals surface area contributed by atoms with Crippen molar-refractivity contribution < 1.29 is 13.6 Å². The highest BCUT2D eigenvalue weighted by Crippen LogP contribution is 2.10. The summed E-state index contributed by atoms with van der Waals surface area (Å²) in [6, 6.07) is 0. The van der Waals surface area contributed by atoms with Gasteiger partial charge in [-0.1, -0.05) is 0 Å². The molecule has 0 aliphatic rings. The van der Waals surface area contributed by atoms with Gasteiger partial charge >= 0.3 is 0 Å². The number of alkyl halides is 2. The highest BCUT2D eigenvalue weighted by Gasteiger charge is 2.27. The molecule has 0 aromatic heterocycles. The van der Waals surface area contributed by atoms with Crippen molar-refractivity contribution in [3.8, 4) is 0 Å². The van der Waals surface area contributed by atoms with Crippen molar-refractivity contribution >= 4 is 30.1 Å². The molecule has 3 nitrogen and oxygen atoms in total. The van der Waals surface area contributed by atoms with Crippen LogP contribution in [0.5, 0.6) is 0 Å². The van der Waals surface area contributed by atoms with E-state index in [4.69, 9.17) is 5.73 Å². The molecule has 1 atom stereocenters. The first-order valence-corrected chi connectivity index (χ1v) is 5.10. The van der Waals surface area contributed by atoms with Gasteiger partial charge in [0, 0.05) is 0 Å². The number of halogens is 3. The number of hydrogen-bond acceptors (Lipinski definition) is 3. The van der Waals surface area contributed by atoms with E-state index in [2.05, 4.69) is 5.32 Å².